The molecule has 0 fully saturated rings. The van der Waals surface area contributed by atoms with Gasteiger partial charge in [0.05, 0.1) is 10.7 Å². The SMILES string of the molecule is O=c1[nH]ccnc1-n1cc(Br)cn1. The Kier molecular flexibility index (Phi) is 1.97. The topological polar surface area (TPSA) is 63.6 Å². The van der Waals surface area contributed by atoms with Gasteiger partial charge in [0, 0.05) is 18.6 Å². The fourth-order valence-electron chi connectivity index (χ4n) is 0.924. The highest BCUT2D eigenvalue weighted by molar-refractivity contribution is 9.10. The van der Waals surface area contributed by atoms with E-state index in [0.29, 0.717) is 0 Å². The second-order valence-corrected chi connectivity index (χ2v) is 3.26. The predicted octanol–water partition coefficient (Wildman–Crippen LogP) is 0.718. The second kappa shape index (κ2) is 3.14. The number of hydrogen-bond donors (Lipinski definition) is 1. The summed E-state index contributed by atoms with van der Waals surface area (Å²) in [5.74, 6) is 0.258. The Bertz CT molecular complexity index is 475. The van der Waals surface area contributed by atoms with Crippen molar-refractivity contribution in [1.82, 2.24) is 19.7 Å². The Labute approximate surface area is 81.6 Å². The van der Waals surface area contributed by atoms with Crippen LogP contribution in [0.3, 0.4) is 0 Å². The van der Waals surface area contributed by atoms with Crippen molar-refractivity contribution >= 4 is 15.9 Å². The maximum absolute atomic E-state index is 11.2. The van der Waals surface area contributed by atoms with Gasteiger partial charge in [-0.25, -0.2) is 9.67 Å². The third kappa shape index (κ3) is 1.52. The van der Waals surface area contributed by atoms with Crippen molar-refractivity contribution in [2.45, 2.75) is 0 Å². The minimum Gasteiger partial charge on any atom is -0.324 e. The van der Waals surface area contributed by atoms with Gasteiger partial charge in [-0.3, -0.25) is 4.79 Å². The van der Waals surface area contributed by atoms with E-state index < -0.39 is 0 Å². The van der Waals surface area contributed by atoms with Crippen molar-refractivity contribution in [3.8, 4) is 5.82 Å². The summed E-state index contributed by atoms with van der Waals surface area (Å²) < 4.78 is 2.21. The van der Waals surface area contributed by atoms with Gasteiger partial charge in [-0.15, -0.1) is 0 Å². The summed E-state index contributed by atoms with van der Waals surface area (Å²) >= 11 is 3.23. The van der Waals surface area contributed by atoms with Crippen LogP contribution in [0.1, 0.15) is 0 Å². The number of hydrogen-bond acceptors (Lipinski definition) is 3. The van der Waals surface area contributed by atoms with Gasteiger partial charge in [0.2, 0.25) is 5.82 Å². The molecule has 0 aromatic carbocycles. The van der Waals surface area contributed by atoms with Crippen LogP contribution in [0.5, 0.6) is 0 Å². The minimum atomic E-state index is -0.266. The molecule has 2 aromatic rings. The van der Waals surface area contributed by atoms with Gasteiger partial charge in [-0.1, -0.05) is 0 Å². The van der Waals surface area contributed by atoms with Crippen molar-refractivity contribution in [2.24, 2.45) is 0 Å². The van der Waals surface area contributed by atoms with Gasteiger partial charge in [-0.05, 0) is 15.9 Å². The first-order valence-electron chi connectivity index (χ1n) is 3.51. The molecule has 2 heterocycles. The van der Waals surface area contributed by atoms with Crippen molar-refractivity contribution in [2.75, 3.05) is 0 Å². The smallest absolute Gasteiger partial charge is 0.293 e. The van der Waals surface area contributed by atoms with Gasteiger partial charge < -0.3 is 4.98 Å². The van der Waals surface area contributed by atoms with E-state index >= 15 is 0 Å². The quantitative estimate of drug-likeness (QED) is 0.799. The summed E-state index contributed by atoms with van der Waals surface area (Å²) in [5, 5.41) is 3.93. The lowest BCUT2D eigenvalue weighted by Crippen LogP contribution is -2.15. The molecular formula is C7H5BrN4O. The number of nitrogens with one attached hydrogen (secondary N) is 1. The van der Waals surface area contributed by atoms with E-state index in [0.717, 1.165) is 4.47 Å². The number of halogens is 1. The van der Waals surface area contributed by atoms with Crippen LogP contribution in [0, 0.1) is 0 Å². The molecular weight excluding hydrogens is 236 g/mol. The van der Waals surface area contributed by atoms with E-state index in [-0.39, 0.29) is 11.4 Å². The van der Waals surface area contributed by atoms with Crippen molar-refractivity contribution in [3.05, 3.63) is 39.6 Å². The molecule has 0 saturated carbocycles. The van der Waals surface area contributed by atoms with Crippen molar-refractivity contribution in [3.63, 3.8) is 0 Å². The van der Waals surface area contributed by atoms with E-state index in [2.05, 4.69) is 31.0 Å². The zero-order valence-corrected chi connectivity index (χ0v) is 8.02. The number of aromatic amines is 1. The maximum atomic E-state index is 11.2. The normalized spacial score (nSPS) is 10.2. The molecule has 0 radical (unpaired) electrons. The molecule has 0 amide bonds. The number of rotatable bonds is 1. The van der Waals surface area contributed by atoms with Crippen LogP contribution in [0.2, 0.25) is 0 Å². The van der Waals surface area contributed by atoms with Gasteiger partial charge in [0.1, 0.15) is 0 Å². The summed E-state index contributed by atoms with van der Waals surface area (Å²) in [6.45, 7) is 0. The van der Waals surface area contributed by atoms with Crippen LogP contribution in [0.25, 0.3) is 5.82 Å². The Hall–Kier alpha value is -1.43. The second-order valence-electron chi connectivity index (χ2n) is 2.35. The molecule has 2 rings (SSSR count). The highest BCUT2D eigenvalue weighted by atomic mass is 79.9. The molecule has 66 valence electrons. The summed E-state index contributed by atoms with van der Waals surface area (Å²) in [6, 6.07) is 0. The van der Waals surface area contributed by atoms with Crippen LogP contribution >= 0.6 is 15.9 Å². The number of H-pyrrole nitrogens is 1. The summed E-state index contributed by atoms with van der Waals surface area (Å²) in [5.41, 5.74) is -0.266. The first-order chi connectivity index (χ1) is 6.27. The molecule has 6 heteroatoms. The first kappa shape index (κ1) is 8.18. The molecule has 0 spiro atoms. The van der Waals surface area contributed by atoms with E-state index in [1.54, 1.807) is 12.4 Å². The molecule has 0 aliphatic rings. The average molecular weight is 241 g/mol. The van der Waals surface area contributed by atoms with Gasteiger partial charge in [-0.2, -0.15) is 5.10 Å². The standard InChI is InChI=1S/C7H5BrN4O/c8-5-3-11-12(4-5)6-7(13)10-2-1-9-6/h1-4H,(H,10,13). The van der Waals surface area contributed by atoms with Gasteiger partial charge in [0.25, 0.3) is 5.56 Å². The first-order valence-corrected chi connectivity index (χ1v) is 4.31. The number of aromatic nitrogens is 4. The Balaban J connectivity index is 2.59. The lowest BCUT2D eigenvalue weighted by molar-refractivity contribution is 0.824. The van der Waals surface area contributed by atoms with Crippen LogP contribution in [-0.2, 0) is 0 Å². The molecule has 0 bridgehead atoms. The van der Waals surface area contributed by atoms with Crippen LogP contribution < -0.4 is 5.56 Å². The summed E-state index contributed by atoms with van der Waals surface area (Å²) in [6.07, 6.45) is 6.24. The Morgan fingerprint density at radius 1 is 1.54 bits per heavy atom. The molecule has 0 aliphatic heterocycles. The van der Waals surface area contributed by atoms with E-state index in [1.807, 2.05) is 0 Å². The summed E-state index contributed by atoms with van der Waals surface area (Å²) in [4.78, 5) is 17.6. The zero-order chi connectivity index (χ0) is 9.26. The molecule has 0 aliphatic carbocycles. The highest BCUT2D eigenvalue weighted by Crippen LogP contribution is 2.07. The summed E-state index contributed by atoms with van der Waals surface area (Å²) in [7, 11) is 0. The van der Waals surface area contributed by atoms with Crippen LogP contribution in [0.15, 0.2) is 34.1 Å². The van der Waals surface area contributed by atoms with Gasteiger partial charge >= 0.3 is 0 Å². The van der Waals surface area contributed by atoms with Crippen molar-refractivity contribution < 1.29 is 0 Å². The molecule has 0 unspecified atom stereocenters. The van der Waals surface area contributed by atoms with E-state index in [4.69, 9.17) is 0 Å². The number of nitrogens with zero attached hydrogens (tertiary/aromatic N) is 3. The highest BCUT2D eigenvalue weighted by Gasteiger charge is 2.03. The monoisotopic (exact) mass is 240 g/mol. The largest absolute Gasteiger partial charge is 0.324 e. The maximum Gasteiger partial charge on any atom is 0.293 e. The predicted molar refractivity (Wildman–Crippen MR) is 49.7 cm³/mol. The minimum absolute atomic E-state index is 0.258. The van der Waals surface area contributed by atoms with Crippen molar-refractivity contribution in [1.29, 1.82) is 0 Å². The van der Waals surface area contributed by atoms with E-state index in [9.17, 15) is 4.79 Å². The molecule has 0 saturated heterocycles. The molecule has 1 N–H and O–H groups in total. The van der Waals surface area contributed by atoms with Crippen LogP contribution in [0.4, 0.5) is 0 Å². The van der Waals surface area contributed by atoms with E-state index in [1.165, 1.54) is 17.1 Å². The molecule has 2 aromatic heterocycles. The van der Waals surface area contributed by atoms with Crippen LogP contribution in [-0.4, -0.2) is 19.7 Å². The molecule has 13 heavy (non-hydrogen) atoms. The molecule has 5 nitrogen and oxygen atoms in total. The fraction of sp³-hybridized carbons (Fsp3) is 0. The average Bonchev–Trinajstić information content (AvgIpc) is 2.53. The lowest BCUT2D eigenvalue weighted by atomic mass is 10.6. The Morgan fingerprint density at radius 3 is 3.00 bits per heavy atom. The third-order valence-corrected chi connectivity index (χ3v) is 1.87. The molecule has 0 atom stereocenters. The zero-order valence-electron chi connectivity index (χ0n) is 6.44. The lowest BCUT2D eigenvalue weighted by Gasteiger charge is -1.95. The van der Waals surface area contributed by atoms with Gasteiger partial charge in [0.15, 0.2) is 0 Å². The Morgan fingerprint density at radius 2 is 2.38 bits per heavy atom. The fourth-order valence-corrected chi connectivity index (χ4v) is 1.21. The third-order valence-electron chi connectivity index (χ3n) is 1.46.